The highest BCUT2D eigenvalue weighted by Crippen LogP contribution is 2.13. The molecule has 0 aliphatic carbocycles. The van der Waals surface area contributed by atoms with E-state index in [0.29, 0.717) is 16.7 Å². The fourth-order valence-corrected chi connectivity index (χ4v) is 2.49. The number of anilines is 1. The zero-order chi connectivity index (χ0) is 17.1. The van der Waals surface area contributed by atoms with Crippen LogP contribution in [0.15, 0.2) is 42.7 Å². The summed E-state index contributed by atoms with van der Waals surface area (Å²) < 4.78 is 1.71. The van der Waals surface area contributed by atoms with Gasteiger partial charge in [-0.1, -0.05) is 23.7 Å². The Kier molecular flexibility index (Phi) is 4.57. The zero-order valence-electron chi connectivity index (χ0n) is 13.3. The van der Waals surface area contributed by atoms with E-state index >= 15 is 0 Å². The van der Waals surface area contributed by atoms with Crippen LogP contribution in [0.3, 0.4) is 0 Å². The molecule has 0 bridgehead atoms. The number of hydrogen-bond donors (Lipinski definition) is 1. The molecule has 0 atom stereocenters. The molecule has 0 unspecified atom stereocenters. The number of nitrogens with one attached hydrogen (secondary N) is 1. The summed E-state index contributed by atoms with van der Waals surface area (Å²) >= 11 is 5.84. The molecule has 1 aromatic carbocycles. The molecule has 0 saturated carbocycles. The molecule has 0 aliphatic heterocycles. The van der Waals surface area contributed by atoms with Gasteiger partial charge in [0.2, 0.25) is 5.91 Å². The summed E-state index contributed by atoms with van der Waals surface area (Å²) in [5.41, 5.74) is 2.74. The van der Waals surface area contributed by atoms with Crippen molar-refractivity contribution in [2.45, 2.75) is 20.3 Å². The fourth-order valence-electron chi connectivity index (χ4n) is 2.37. The first-order chi connectivity index (χ1) is 11.5. The molecule has 0 aliphatic rings. The van der Waals surface area contributed by atoms with Crippen molar-refractivity contribution >= 4 is 23.3 Å². The van der Waals surface area contributed by atoms with E-state index in [0.717, 1.165) is 17.0 Å². The third-order valence-electron chi connectivity index (χ3n) is 3.42. The maximum atomic E-state index is 12.2. The largest absolute Gasteiger partial charge is 0.310 e. The summed E-state index contributed by atoms with van der Waals surface area (Å²) in [5, 5.41) is 7.80. The van der Waals surface area contributed by atoms with Gasteiger partial charge in [0.15, 0.2) is 5.82 Å². The monoisotopic (exact) mass is 341 g/mol. The summed E-state index contributed by atoms with van der Waals surface area (Å²) in [6.45, 7) is 3.86. The Hall–Kier alpha value is -2.73. The number of rotatable bonds is 4. The molecule has 0 radical (unpaired) electrons. The molecule has 2 heterocycles. The van der Waals surface area contributed by atoms with E-state index in [4.69, 9.17) is 11.6 Å². The number of nitrogens with zero attached hydrogens (tertiary/aromatic N) is 4. The SMILES string of the molecule is Cc1cc(C)n(-c2cc(NC(=O)Cc3ccc(Cl)cc3)ncn2)n1. The second-order valence-corrected chi connectivity index (χ2v) is 5.89. The lowest BCUT2D eigenvalue weighted by molar-refractivity contribution is -0.115. The van der Waals surface area contributed by atoms with Crippen LogP contribution in [0.25, 0.3) is 5.82 Å². The topological polar surface area (TPSA) is 72.7 Å². The molecule has 3 rings (SSSR count). The number of aryl methyl sites for hydroxylation is 2. The number of halogens is 1. The Labute approximate surface area is 144 Å². The number of carbonyl (C=O) groups excluding carboxylic acids is 1. The minimum absolute atomic E-state index is 0.157. The number of hydrogen-bond acceptors (Lipinski definition) is 4. The van der Waals surface area contributed by atoms with Gasteiger partial charge >= 0.3 is 0 Å². The molecule has 122 valence electrons. The standard InChI is InChI=1S/C17H16ClN5O/c1-11-7-12(2)23(22-11)16-9-15(19-10-20-16)21-17(24)8-13-3-5-14(18)6-4-13/h3-7,9-10H,8H2,1-2H3,(H,19,20,21,24). The summed E-state index contributed by atoms with van der Waals surface area (Å²) in [6, 6.07) is 10.8. The van der Waals surface area contributed by atoms with Crippen LogP contribution >= 0.6 is 11.6 Å². The van der Waals surface area contributed by atoms with E-state index in [1.54, 1.807) is 22.9 Å². The van der Waals surface area contributed by atoms with Crippen LogP contribution in [-0.4, -0.2) is 25.7 Å². The van der Waals surface area contributed by atoms with Gasteiger partial charge in [0.25, 0.3) is 0 Å². The molecule has 0 saturated heterocycles. The molecule has 1 N–H and O–H groups in total. The van der Waals surface area contributed by atoms with Gasteiger partial charge in [-0.2, -0.15) is 5.10 Å². The van der Waals surface area contributed by atoms with Crippen molar-refractivity contribution in [3.05, 3.63) is 64.7 Å². The van der Waals surface area contributed by atoms with Crippen molar-refractivity contribution in [3.8, 4) is 5.82 Å². The maximum Gasteiger partial charge on any atom is 0.229 e. The third kappa shape index (κ3) is 3.78. The van der Waals surface area contributed by atoms with Crippen LogP contribution < -0.4 is 5.32 Å². The van der Waals surface area contributed by atoms with Crippen molar-refractivity contribution in [2.24, 2.45) is 0 Å². The number of amides is 1. The number of aromatic nitrogens is 4. The van der Waals surface area contributed by atoms with Crippen LogP contribution in [0.1, 0.15) is 17.0 Å². The Morgan fingerprint density at radius 2 is 1.92 bits per heavy atom. The normalized spacial score (nSPS) is 10.6. The maximum absolute atomic E-state index is 12.2. The summed E-state index contributed by atoms with van der Waals surface area (Å²) in [5.74, 6) is 0.888. The van der Waals surface area contributed by atoms with Gasteiger partial charge in [0, 0.05) is 16.8 Å². The number of carbonyl (C=O) groups is 1. The fraction of sp³-hybridized carbons (Fsp3) is 0.176. The Balaban J connectivity index is 1.73. The van der Waals surface area contributed by atoms with Gasteiger partial charge in [-0.25, -0.2) is 14.6 Å². The second-order valence-electron chi connectivity index (χ2n) is 5.45. The van der Waals surface area contributed by atoms with Crippen LogP contribution in [0.5, 0.6) is 0 Å². The quantitative estimate of drug-likeness (QED) is 0.791. The van der Waals surface area contributed by atoms with Crippen molar-refractivity contribution in [3.63, 3.8) is 0 Å². The average Bonchev–Trinajstić information content (AvgIpc) is 2.88. The molecule has 2 aromatic heterocycles. The molecule has 24 heavy (non-hydrogen) atoms. The predicted molar refractivity (Wildman–Crippen MR) is 92.4 cm³/mol. The lowest BCUT2D eigenvalue weighted by Crippen LogP contribution is -2.16. The van der Waals surface area contributed by atoms with Crippen LogP contribution in [0.2, 0.25) is 5.02 Å². The first kappa shape index (κ1) is 16.1. The highest BCUT2D eigenvalue weighted by atomic mass is 35.5. The molecule has 1 amide bonds. The molecule has 7 heteroatoms. The van der Waals surface area contributed by atoms with E-state index in [9.17, 15) is 4.79 Å². The lowest BCUT2D eigenvalue weighted by atomic mass is 10.1. The molecule has 6 nitrogen and oxygen atoms in total. The second kappa shape index (κ2) is 6.80. The zero-order valence-corrected chi connectivity index (χ0v) is 14.1. The van der Waals surface area contributed by atoms with Gasteiger partial charge in [-0.3, -0.25) is 4.79 Å². The van der Waals surface area contributed by atoms with Gasteiger partial charge in [0.1, 0.15) is 12.1 Å². The lowest BCUT2D eigenvalue weighted by Gasteiger charge is -2.07. The van der Waals surface area contributed by atoms with Crippen LogP contribution in [0.4, 0.5) is 5.82 Å². The van der Waals surface area contributed by atoms with E-state index in [1.165, 1.54) is 6.33 Å². The van der Waals surface area contributed by atoms with Gasteiger partial charge < -0.3 is 5.32 Å². The van der Waals surface area contributed by atoms with Gasteiger partial charge in [0.05, 0.1) is 12.1 Å². The Morgan fingerprint density at radius 1 is 1.17 bits per heavy atom. The molecule has 0 fully saturated rings. The molecular formula is C17H16ClN5O. The van der Waals surface area contributed by atoms with E-state index in [1.807, 2.05) is 32.0 Å². The minimum atomic E-state index is -0.157. The van der Waals surface area contributed by atoms with Crippen molar-refractivity contribution in [1.82, 2.24) is 19.7 Å². The van der Waals surface area contributed by atoms with E-state index in [2.05, 4.69) is 20.4 Å². The Morgan fingerprint density at radius 3 is 2.58 bits per heavy atom. The summed E-state index contributed by atoms with van der Waals surface area (Å²) in [4.78, 5) is 20.5. The van der Waals surface area contributed by atoms with E-state index in [-0.39, 0.29) is 12.3 Å². The van der Waals surface area contributed by atoms with Gasteiger partial charge in [-0.05, 0) is 37.6 Å². The molecule has 3 aromatic rings. The van der Waals surface area contributed by atoms with E-state index < -0.39 is 0 Å². The van der Waals surface area contributed by atoms with Crippen molar-refractivity contribution in [1.29, 1.82) is 0 Å². The first-order valence-electron chi connectivity index (χ1n) is 7.41. The molecule has 0 spiro atoms. The van der Waals surface area contributed by atoms with Gasteiger partial charge in [-0.15, -0.1) is 0 Å². The Bertz CT molecular complexity index is 873. The summed E-state index contributed by atoms with van der Waals surface area (Å²) in [7, 11) is 0. The minimum Gasteiger partial charge on any atom is -0.310 e. The predicted octanol–water partition coefficient (Wildman–Crippen LogP) is 3.11. The average molecular weight is 342 g/mol. The number of benzene rings is 1. The highest BCUT2D eigenvalue weighted by molar-refractivity contribution is 6.30. The highest BCUT2D eigenvalue weighted by Gasteiger charge is 2.09. The molecular weight excluding hydrogens is 326 g/mol. The smallest absolute Gasteiger partial charge is 0.229 e. The van der Waals surface area contributed by atoms with Crippen LogP contribution in [-0.2, 0) is 11.2 Å². The summed E-state index contributed by atoms with van der Waals surface area (Å²) in [6.07, 6.45) is 1.65. The van der Waals surface area contributed by atoms with Crippen molar-refractivity contribution in [2.75, 3.05) is 5.32 Å². The van der Waals surface area contributed by atoms with Crippen molar-refractivity contribution < 1.29 is 4.79 Å². The third-order valence-corrected chi connectivity index (χ3v) is 3.68. The first-order valence-corrected chi connectivity index (χ1v) is 7.79. The van der Waals surface area contributed by atoms with Crippen LogP contribution in [0, 0.1) is 13.8 Å².